The van der Waals surface area contributed by atoms with Crippen molar-refractivity contribution in [3.63, 3.8) is 0 Å². The maximum absolute atomic E-state index is 13.4. The van der Waals surface area contributed by atoms with Gasteiger partial charge in [-0.1, -0.05) is 31.9 Å². The number of carbonyl (C=O) groups is 1. The van der Waals surface area contributed by atoms with E-state index >= 15 is 0 Å². The Kier molecular flexibility index (Phi) is 6.96. The number of nitrogens with zero attached hydrogens (tertiary/aromatic N) is 4. The van der Waals surface area contributed by atoms with E-state index in [1.807, 2.05) is 25.3 Å². The molecule has 0 saturated heterocycles. The van der Waals surface area contributed by atoms with Crippen LogP contribution in [0.2, 0.25) is 0 Å². The molecule has 3 heterocycles. The van der Waals surface area contributed by atoms with Crippen LogP contribution < -0.4 is 5.43 Å². The first-order valence-electron chi connectivity index (χ1n) is 12.5. The third kappa shape index (κ3) is 4.83. The summed E-state index contributed by atoms with van der Waals surface area (Å²) in [7, 11) is 0. The van der Waals surface area contributed by atoms with Gasteiger partial charge < -0.3 is 9.84 Å². The van der Waals surface area contributed by atoms with Crippen LogP contribution in [0, 0.1) is 10.8 Å². The van der Waals surface area contributed by atoms with Gasteiger partial charge in [0.2, 0.25) is 6.29 Å². The molecule has 190 valence electrons. The van der Waals surface area contributed by atoms with Crippen molar-refractivity contribution in [3.8, 4) is 5.75 Å². The molecule has 0 amide bonds. The Morgan fingerprint density at radius 1 is 1.33 bits per heavy atom. The average Bonchev–Trinajstić information content (AvgIpc) is 3.55. The molecule has 1 fully saturated rings. The number of phenolic OH excluding ortho intramolecular Hbond substituents is 1. The van der Waals surface area contributed by atoms with Crippen molar-refractivity contribution in [2.24, 2.45) is 21.1 Å². The number of esters is 1. The molecule has 1 aromatic carbocycles. The molecule has 10 heteroatoms. The van der Waals surface area contributed by atoms with Crippen LogP contribution in [0.1, 0.15) is 63.0 Å². The van der Waals surface area contributed by atoms with Crippen molar-refractivity contribution in [1.29, 1.82) is 0 Å². The summed E-state index contributed by atoms with van der Waals surface area (Å²) < 4.78 is 7.06. The van der Waals surface area contributed by atoms with Crippen molar-refractivity contribution < 1.29 is 14.6 Å². The van der Waals surface area contributed by atoms with Gasteiger partial charge in [-0.2, -0.15) is 0 Å². The van der Waals surface area contributed by atoms with Crippen LogP contribution in [0.5, 0.6) is 5.75 Å². The number of aliphatic imine (C=N–C) groups is 2. The third-order valence-electron chi connectivity index (χ3n) is 7.64. The molecule has 2 unspecified atom stereocenters. The van der Waals surface area contributed by atoms with Gasteiger partial charge in [0.15, 0.2) is 0 Å². The van der Waals surface area contributed by atoms with E-state index in [0.29, 0.717) is 30.8 Å². The van der Waals surface area contributed by atoms with Crippen molar-refractivity contribution in [1.82, 2.24) is 10.4 Å². The highest BCUT2D eigenvalue weighted by Gasteiger charge is 2.48. The standard InChI is InChI=1S/C26H30BrN5O4/c1-2-17-11-16(7-8-22(17)33)9-10-26(18-5-3-4-6-18)13-21(31-35)20(24(34)36-26)12-23-29-25-28-14-19(27)15-32(25)30-23/h7-8,11,14-15,18,25,33H,2-6,9-10,12-13H2,1H3,(H,29,30). The second kappa shape index (κ2) is 10.2. The third-order valence-corrected chi connectivity index (χ3v) is 8.05. The fraction of sp³-hybridized carbons (Fsp3) is 0.500. The predicted molar refractivity (Wildman–Crippen MR) is 140 cm³/mol. The number of carbonyl (C=O) groups excluding carboxylic acids is 1. The first kappa shape index (κ1) is 24.7. The molecule has 0 spiro atoms. The summed E-state index contributed by atoms with van der Waals surface area (Å²) in [6.45, 7) is 2.01. The summed E-state index contributed by atoms with van der Waals surface area (Å²) in [5.74, 6) is 0.532. The van der Waals surface area contributed by atoms with Gasteiger partial charge in [-0.3, -0.25) is 5.43 Å². The van der Waals surface area contributed by atoms with E-state index in [-0.39, 0.29) is 23.6 Å². The number of phenols is 1. The lowest BCUT2D eigenvalue weighted by atomic mass is 9.76. The van der Waals surface area contributed by atoms with Gasteiger partial charge in [-0.25, -0.2) is 19.8 Å². The Morgan fingerprint density at radius 3 is 2.89 bits per heavy atom. The summed E-state index contributed by atoms with van der Waals surface area (Å²) >= 11 is 3.39. The number of hydrogen-bond acceptors (Lipinski definition) is 9. The first-order valence-corrected chi connectivity index (χ1v) is 13.3. The van der Waals surface area contributed by atoms with Crippen LogP contribution in [0.4, 0.5) is 0 Å². The highest BCUT2D eigenvalue weighted by Crippen LogP contribution is 2.47. The number of nitroso groups, excluding NO2 is 1. The van der Waals surface area contributed by atoms with E-state index < -0.39 is 17.9 Å². The van der Waals surface area contributed by atoms with Gasteiger partial charge >= 0.3 is 5.97 Å². The number of ether oxygens (including phenoxy) is 1. The van der Waals surface area contributed by atoms with Crippen molar-refractivity contribution in [2.75, 3.05) is 0 Å². The number of aryl methyl sites for hydroxylation is 2. The zero-order valence-corrected chi connectivity index (χ0v) is 21.8. The lowest BCUT2D eigenvalue weighted by Gasteiger charge is -2.42. The molecule has 9 nitrogen and oxygen atoms in total. The molecule has 4 aliphatic rings. The number of hydrazine groups is 1. The molecule has 2 N–H and O–H groups in total. The topological polar surface area (TPSA) is 116 Å². The number of benzene rings is 1. The lowest BCUT2D eigenvalue weighted by Crippen LogP contribution is -2.46. The summed E-state index contributed by atoms with van der Waals surface area (Å²) in [5.41, 5.74) is 4.86. The smallest absolute Gasteiger partial charge is 0.337 e. The largest absolute Gasteiger partial charge is 0.508 e. The SMILES string of the molecule is CCc1cc(CCC2(C3CCCC3)CC(N=O)=C(CC3=NC4N=CC(Br)=CN4N3)C(=O)O2)ccc1O. The number of rotatable bonds is 8. The van der Waals surface area contributed by atoms with Gasteiger partial charge in [-0.05, 0) is 76.3 Å². The van der Waals surface area contributed by atoms with Crippen molar-refractivity contribution in [2.45, 2.75) is 76.6 Å². The van der Waals surface area contributed by atoms with E-state index in [0.717, 1.165) is 47.7 Å². The maximum atomic E-state index is 13.4. The highest BCUT2D eigenvalue weighted by atomic mass is 79.9. The van der Waals surface area contributed by atoms with E-state index in [9.17, 15) is 14.8 Å². The Balaban J connectivity index is 1.38. The molecule has 1 aromatic rings. The van der Waals surface area contributed by atoms with Crippen LogP contribution >= 0.6 is 15.9 Å². The summed E-state index contributed by atoms with van der Waals surface area (Å²) in [6, 6.07) is 5.65. The Bertz CT molecular complexity index is 1190. The second-order valence-electron chi connectivity index (χ2n) is 9.86. The maximum Gasteiger partial charge on any atom is 0.337 e. The van der Waals surface area contributed by atoms with E-state index in [1.54, 1.807) is 17.3 Å². The summed E-state index contributed by atoms with van der Waals surface area (Å²) in [6.07, 6.45) is 9.63. The van der Waals surface area contributed by atoms with Crippen LogP contribution in [-0.2, 0) is 22.4 Å². The molecule has 0 aromatic heterocycles. The predicted octanol–water partition coefficient (Wildman–Crippen LogP) is 5.00. The van der Waals surface area contributed by atoms with E-state index in [1.165, 1.54) is 0 Å². The van der Waals surface area contributed by atoms with Crippen molar-refractivity contribution in [3.05, 3.63) is 56.2 Å². The number of allylic oxidation sites excluding steroid dienone is 1. The number of halogens is 1. The number of fused-ring (bicyclic) bond motifs is 1. The Hall–Kier alpha value is -3.01. The summed E-state index contributed by atoms with van der Waals surface area (Å²) in [4.78, 5) is 34.3. The fourth-order valence-corrected chi connectivity index (χ4v) is 6.05. The number of nitrogens with one attached hydrogen (secondary N) is 1. The quantitative estimate of drug-likeness (QED) is 0.344. The Morgan fingerprint density at radius 2 is 2.14 bits per heavy atom. The van der Waals surface area contributed by atoms with Crippen molar-refractivity contribution >= 4 is 33.9 Å². The second-order valence-corrected chi connectivity index (χ2v) is 10.8. The minimum Gasteiger partial charge on any atom is -0.508 e. The zero-order chi connectivity index (χ0) is 25.3. The van der Waals surface area contributed by atoms with Crippen LogP contribution in [0.15, 0.2) is 55.3 Å². The fourth-order valence-electron chi connectivity index (χ4n) is 5.71. The van der Waals surface area contributed by atoms with Gasteiger partial charge in [0.1, 0.15) is 17.2 Å². The van der Waals surface area contributed by atoms with E-state index in [2.05, 4.69) is 36.5 Å². The molecule has 0 radical (unpaired) electrons. The van der Waals surface area contributed by atoms with Gasteiger partial charge in [-0.15, -0.1) is 4.91 Å². The van der Waals surface area contributed by atoms with Crippen LogP contribution in [0.25, 0.3) is 0 Å². The van der Waals surface area contributed by atoms with E-state index in [4.69, 9.17) is 4.74 Å². The molecule has 5 rings (SSSR count). The van der Waals surface area contributed by atoms with Gasteiger partial charge in [0.05, 0.1) is 15.8 Å². The van der Waals surface area contributed by atoms with Gasteiger partial charge in [0, 0.05) is 25.3 Å². The van der Waals surface area contributed by atoms with Gasteiger partial charge in [0.25, 0.3) is 0 Å². The minimum atomic E-state index is -0.759. The molecule has 0 bridgehead atoms. The molecule has 3 aliphatic heterocycles. The van der Waals surface area contributed by atoms with Crippen LogP contribution in [-0.4, -0.2) is 40.0 Å². The Labute approximate surface area is 218 Å². The molecule has 1 saturated carbocycles. The average molecular weight is 556 g/mol. The molecule has 36 heavy (non-hydrogen) atoms. The zero-order valence-electron chi connectivity index (χ0n) is 20.2. The number of amidine groups is 1. The number of aromatic hydroxyl groups is 1. The van der Waals surface area contributed by atoms with Crippen LogP contribution in [0.3, 0.4) is 0 Å². The number of cyclic esters (lactones) is 1. The molecule has 2 atom stereocenters. The monoisotopic (exact) mass is 555 g/mol. The molecular formula is C26H30BrN5O4. The summed E-state index contributed by atoms with van der Waals surface area (Å²) in [5, 5.41) is 15.1. The highest BCUT2D eigenvalue weighted by molar-refractivity contribution is 9.12. The number of hydrogen-bond donors (Lipinski definition) is 2. The molecular weight excluding hydrogens is 526 g/mol. The first-order chi connectivity index (χ1) is 17.4. The minimum absolute atomic E-state index is 0.131. The lowest BCUT2D eigenvalue weighted by molar-refractivity contribution is -0.165. The molecule has 1 aliphatic carbocycles. The normalized spacial score (nSPS) is 25.9.